The number of likely N-dealkylation sites (tertiary alicyclic amines) is 1. The van der Waals surface area contributed by atoms with Gasteiger partial charge < -0.3 is 25.6 Å². The number of rotatable bonds is 13. The molecule has 0 unspecified atom stereocenters. The molecule has 10 heteroatoms. The van der Waals surface area contributed by atoms with Crippen LogP contribution in [0.1, 0.15) is 86.5 Å². The first-order chi connectivity index (χ1) is 18.9. The van der Waals surface area contributed by atoms with Crippen molar-refractivity contribution in [3.05, 3.63) is 12.7 Å². The monoisotopic (exact) mass is 562 g/mol. The van der Waals surface area contributed by atoms with E-state index in [0.717, 1.165) is 19.3 Å². The van der Waals surface area contributed by atoms with Crippen LogP contribution in [0.2, 0.25) is 0 Å². The maximum absolute atomic E-state index is 13.7. The third kappa shape index (κ3) is 9.06. The Morgan fingerprint density at radius 3 is 2.35 bits per heavy atom. The highest BCUT2D eigenvalue weighted by atomic mass is 16.6. The number of ether oxygens (including phenoxy) is 1. The first-order valence-electron chi connectivity index (χ1n) is 14.9. The average molecular weight is 563 g/mol. The van der Waals surface area contributed by atoms with Crippen LogP contribution < -0.4 is 16.0 Å². The van der Waals surface area contributed by atoms with Crippen molar-refractivity contribution in [3.8, 4) is 0 Å². The van der Waals surface area contributed by atoms with Crippen LogP contribution in [0.25, 0.3) is 0 Å². The van der Waals surface area contributed by atoms with Crippen molar-refractivity contribution in [1.29, 1.82) is 0 Å². The lowest BCUT2D eigenvalue weighted by Crippen LogP contribution is -2.57. The molecule has 2 fully saturated rings. The summed E-state index contributed by atoms with van der Waals surface area (Å²) in [6.45, 7) is 16.0. The second-order valence-corrected chi connectivity index (χ2v) is 12.0. The van der Waals surface area contributed by atoms with E-state index in [4.69, 9.17) is 4.74 Å². The van der Waals surface area contributed by atoms with Gasteiger partial charge in [-0.1, -0.05) is 60.5 Å². The molecular formula is C30H50N4O6. The van der Waals surface area contributed by atoms with Crippen LogP contribution in [-0.4, -0.2) is 71.8 Å². The zero-order chi connectivity index (χ0) is 30.0. The first-order valence-corrected chi connectivity index (χ1v) is 14.9. The molecule has 0 radical (unpaired) electrons. The van der Waals surface area contributed by atoms with Crippen molar-refractivity contribution >= 4 is 29.6 Å². The molecule has 1 aliphatic carbocycles. The number of Topliss-reactive ketones (excluding diaryl/α,β-unsaturated/α-hetero) is 1. The molecule has 0 aromatic carbocycles. The van der Waals surface area contributed by atoms with Gasteiger partial charge in [0.25, 0.3) is 5.91 Å². The van der Waals surface area contributed by atoms with Crippen molar-refractivity contribution in [2.75, 3.05) is 13.1 Å². The van der Waals surface area contributed by atoms with Crippen LogP contribution >= 0.6 is 0 Å². The standard InChI is InChI=1S/C30H50N4O6/c1-8-11-22(26(35)28(37)31-15-9-2)32-27(36)23-12-10-16-34(23)29(38)25(19(5)6)33-30(39)40-24-17-20(7)13-14-21(24)18(3)4/h9,18-25H,2,8,10-17H2,1,3-7H3,(H,31,37)(H,32,36)(H,33,39)/t20-,21+,22-,23-,24-,25-/m0/s1. The molecule has 2 aliphatic rings. The van der Waals surface area contributed by atoms with E-state index in [9.17, 15) is 24.0 Å². The summed E-state index contributed by atoms with van der Waals surface area (Å²) in [5.74, 6) is -1.46. The largest absolute Gasteiger partial charge is 0.446 e. The van der Waals surface area contributed by atoms with E-state index in [2.05, 4.69) is 43.3 Å². The third-order valence-electron chi connectivity index (χ3n) is 8.11. The number of ketones is 1. The molecular weight excluding hydrogens is 512 g/mol. The molecule has 0 aromatic rings. The lowest BCUT2D eigenvalue weighted by atomic mass is 9.75. The van der Waals surface area contributed by atoms with E-state index in [1.54, 1.807) is 0 Å². The predicted molar refractivity (Wildman–Crippen MR) is 153 cm³/mol. The predicted octanol–water partition coefficient (Wildman–Crippen LogP) is 3.35. The maximum atomic E-state index is 13.7. The van der Waals surface area contributed by atoms with Crippen molar-refractivity contribution in [2.24, 2.45) is 23.7 Å². The fourth-order valence-electron chi connectivity index (χ4n) is 5.78. The Kier molecular flexibility index (Phi) is 13.1. The molecule has 3 N–H and O–H groups in total. The zero-order valence-corrected chi connectivity index (χ0v) is 25.2. The minimum absolute atomic E-state index is 0.145. The van der Waals surface area contributed by atoms with Gasteiger partial charge in [0, 0.05) is 13.1 Å². The van der Waals surface area contributed by atoms with Crippen LogP contribution in [0, 0.1) is 23.7 Å². The number of amides is 4. The Morgan fingerprint density at radius 2 is 1.75 bits per heavy atom. The highest BCUT2D eigenvalue weighted by Crippen LogP contribution is 2.35. The fraction of sp³-hybridized carbons (Fsp3) is 0.767. The minimum Gasteiger partial charge on any atom is -0.446 e. The van der Waals surface area contributed by atoms with Gasteiger partial charge in [0.15, 0.2) is 0 Å². The van der Waals surface area contributed by atoms with E-state index in [0.29, 0.717) is 44.1 Å². The van der Waals surface area contributed by atoms with Crippen molar-refractivity contribution in [2.45, 2.75) is 111 Å². The molecule has 0 aromatic heterocycles. The highest BCUT2D eigenvalue weighted by molar-refractivity contribution is 6.38. The van der Waals surface area contributed by atoms with Crippen LogP contribution in [0.15, 0.2) is 12.7 Å². The highest BCUT2D eigenvalue weighted by Gasteiger charge is 2.41. The molecule has 40 heavy (non-hydrogen) atoms. The Hall–Kier alpha value is -2.91. The third-order valence-corrected chi connectivity index (χ3v) is 8.11. The van der Waals surface area contributed by atoms with Gasteiger partial charge >= 0.3 is 6.09 Å². The van der Waals surface area contributed by atoms with Gasteiger partial charge in [0.2, 0.25) is 17.6 Å². The average Bonchev–Trinajstić information content (AvgIpc) is 3.39. The lowest BCUT2D eigenvalue weighted by molar-refractivity contribution is -0.143. The Bertz CT molecular complexity index is 920. The maximum Gasteiger partial charge on any atom is 0.408 e. The zero-order valence-electron chi connectivity index (χ0n) is 25.2. The fourth-order valence-corrected chi connectivity index (χ4v) is 5.78. The summed E-state index contributed by atoms with van der Waals surface area (Å²) in [7, 11) is 0. The summed E-state index contributed by atoms with van der Waals surface area (Å²) in [5, 5.41) is 7.94. The molecule has 1 saturated heterocycles. The van der Waals surface area contributed by atoms with Crippen molar-refractivity contribution < 1.29 is 28.7 Å². The normalized spacial score (nSPS) is 24.2. The number of carbonyl (C=O) groups excluding carboxylic acids is 5. The molecule has 0 spiro atoms. The summed E-state index contributed by atoms with van der Waals surface area (Å²) in [4.78, 5) is 66.3. The molecule has 1 aliphatic heterocycles. The number of nitrogens with one attached hydrogen (secondary N) is 3. The molecule has 4 amide bonds. The summed E-state index contributed by atoms with van der Waals surface area (Å²) in [6.07, 6.45) is 5.49. The first kappa shape index (κ1) is 33.3. The summed E-state index contributed by atoms with van der Waals surface area (Å²) in [6, 6.07) is -2.64. The van der Waals surface area contributed by atoms with Crippen LogP contribution in [-0.2, 0) is 23.9 Å². The van der Waals surface area contributed by atoms with E-state index < -0.39 is 41.8 Å². The quantitative estimate of drug-likeness (QED) is 0.233. The Morgan fingerprint density at radius 1 is 1.05 bits per heavy atom. The number of nitrogens with zero attached hydrogens (tertiary/aromatic N) is 1. The van der Waals surface area contributed by atoms with Gasteiger partial charge in [-0.05, 0) is 55.8 Å². The lowest BCUT2D eigenvalue weighted by Gasteiger charge is -2.37. The molecule has 1 heterocycles. The van der Waals surface area contributed by atoms with Crippen molar-refractivity contribution in [3.63, 3.8) is 0 Å². The number of alkyl carbamates (subject to hydrolysis) is 1. The number of hydrogen-bond acceptors (Lipinski definition) is 6. The van der Waals surface area contributed by atoms with Gasteiger partial charge in [0.05, 0.1) is 6.04 Å². The van der Waals surface area contributed by atoms with Crippen LogP contribution in [0.5, 0.6) is 0 Å². The Balaban J connectivity index is 2.09. The second kappa shape index (κ2) is 15.8. The summed E-state index contributed by atoms with van der Waals surface area (Å²) >= 11 is 0. The smallest absolute Gasteiger partial charge is 0.408 e. The number of carbonyl (C=O) groups is 5. The number of hydrogen-bond donors (Lipinski definition) is 3. The van der Waals surface area contributed by atoms with E-state index in [1.165, 1.54) is 11.0 Å². The SMILES string of the molecule is C=CCNC(=O)C(=O)[C@H](CCC)NC(=O)[C@@H]1CCCN1C(=O)[C@@H](NC(=O)O[C@H]1C[C@@H](C)CC[C@@H]1C(C)C)C(C)C. The summed E-state index contributed by atoms with van der Waals surface area (Å²) in [5.41, 5.74) is 0. The molecule has 10 nitrogen and oxygen atoms in total. The molecule has 6 atom stereocenters. The van der Waals surface area contributed by atoms with Crippen LogP contribution in [0.4, 0.5) is 4.79 Å². The molecule has 226 valence electrons. The second-order valence-electron chi connectivity index (χ2n) is 12.0. The topological polar surface area (TPSA) is 134 Å². The minimum atomic E-state index is -0.986. The van der Waals surface area contributed by atoms with Gasteiger partial charge in [-0.25, -0.2) is 4.79 Å². The molecule has 1 saturated carbocycles. The van der Waals surface area contributed by atoms with E-state index >= 15 is 0 Å². The summed E-state index contributed by atoms with van der Waals surface area (Å²) < 4.78 is 5.88. The van der Waals surface area contributed by atoms with Crippen molar-refractivity contribution in [1.82, 2.24) is 20.9 Å². The van der Waals surface area contributed by atoms with Gasteiger partial charge in [-0.15, -0.1) is 6.58 Å². The van der Waals surface area contributed by atoms with Gasteiger partial charge in [-0.3, -0.25) is 19.2 Å². The molecule has 2 rings (SSSR count). The van der Waals surface area contributed by atoms with Crippen LogP contribution in [0.3, 0.4) is 0 Å². The molecule has 0 bridgehead atoms. The van der Waals surface area contributed by atoms with Gasteiger partial charge in [-0.2, -0.15) is 0 Å². The van der Waals surface area contributed by atoms with E-state index in [-0.39, 0.29) is 30.4 Å². The Labute approximate surface area is 239 Å². The van der Waals surface area contributed by atoms with E-state index in [1.807, 2.05) is 20.8 Å². The van der Waals surface area contributed by atoms with Gasteiger partial charge in [0.1, 0.15) is 18.2 Å².